The van der Waals surface area contributed by atoms with Gasteiger partial charge in [-0.05, 0) is 12.1 Å². The van der Waals surface area contributed by atoms with Gasteiger partial charge in [0.05, 0.1) is 32.3 Å². The number of likely N-dealkylation sites (tertiary alicyclic amines) is 1. The van der Waals surface area contributed by atoms with Gasteiger partial charge in [0, 0.05) is 19.5 Å². The number of methoxy groups -OCH3 is 1. The molecule has 0 unspecified atom stereocenters. The zero-order chi connectivity index (χ0) is 15.2. The molecule has 1 atom stereocenters. The SMILES string of the molecule is COC(=O)CCNC(=O)[C@H]1CC(=O)N(Cc2ccco2)C1. The van der Waals surface area contributed by atoms with Gasteiger partial charge in [-0.2, -0.15) is 0 Å². The molecule has 0 aliphatic carbocycles. The molecule has 2 heterocycles. The first-order chi connectivity index (χ1) is 10.1. The van der Waals surface area contributed by atoms with Gasteiger partial charge in [-0.3, -0.25) is 14.4 Å². The Balaban J connectivity index is 1.78. The highest BCUT2D eigenvalue weighted by Gasteiger charge is 2.34. The van der Waals surface area contributed by atoms with Crippen molar-refractivity contribution in [3.05, 3.63) is 24.2 Å². The van der Waals surface area contributed by atoms with Crippen molar-refractivity contribution >= 4 is 17.8 Å². The van der Waals surface area contributed by atoms with Crippen LogP contribution >= 0.6 is 0 Å². The van der Waals surface area contributed by atoms with E-state index in [1.807, 2.05) is 0 Å². The lowest BCUT2D eigenvalue weighted by Gasteiger charge is -2.14. The van der Waals surface area contributed by atoms with Crippen LogP contribution in [0.2, 0.25) is 0 Å². The average molecular weight is 294 g/mol. The van der Waals surface area contributed by atoms with E-state index in [0.29, 0.717) is 18.8 Å². The Morgan fingerprint density at radius 1 is 1.52 bits per heavy atom. The third-order valence-electron chi connectivity index (χ3n) is 3.37. The van der Waals surface area contributed by atoms with Crippen molar-refractivity contribution in [2.24, 2.45) is 5.92 Å². The van der Waals surface area contributed by atoms with E-state index in [4.69, 9.17) is 4.42 Å². The Bertz CT molecular complexity index is 511. The lowest BCUT2D eigenvalue weighted by molar-refractivity contribution is -0.140. The molecule has 21 heavy (non-hydrogen) atoms. The van der Waals surface area contributed by atoms with Gasteiger partial charge in [0.15, 0.2) is 0 Å². The summed E-state index contributed by atoms with van der Waals surface area (Å²) in [4.78, 5) is 36.4. The fourth-order valence-corrected chi connectivity index (χ4v) is 2.23. The Labute approximate surface area is 122 Å². The lowest BCUT2D eigenvalue weighted by Crippen LogP contribution is -2.34. The van der Waals surface area contributed by atoms with Crippen LogP contribution in [0, 0.1) is 5.92 Å². The summed E-state index contributed by atoms with van der Waals surface area (Å²) in [5.74, 6) is -0.355. The first kappa shape index (κ1) is 15.1. The topological polar surface area (TPSA) is 88.8 Å². The van der Waals surface area contributed by atoms with Crippen LogP contribution in [-0.2, 0) is 25.7 Å². The van der Waals surface area contributed by atoms with Gasteiger partial charge in [0.1, 0.15) is 5.76 Å². The second kappa shape index (κ2) is 6.92. The third-order valence-corrected chi connectivity index (χ3v) is 3.37. The molecule has 0 aromatic carbocycles. The van der Waals surface area contributed by atoms with Crippen molar-refractivity contribution < 1.29 is 23.5 Å². The minimum Gasteiger partial charge on any atom is -0.469 e. The van der Waals surface area contributed by atoms with Gasteiger partial charge in [0.2, 0.25) is 11.8 Å². The van der Waals surface area contributed by atoms with Crippen molar-refractivity contribution in [3.8, 4) is 0 Å². The molecule has 2 amide bonds. The third kappa shape index (κ3) is 4.08. The number of furan rings is 1. The Morgan fingerprint density at radius 3 is 3.00 bits per heavy atom. The molecule has 0 saturated carbocycles. The first-order valence-electron chi connectivity index (χ1n) is 6.75. The standard InChI is InChI=1S/C14H18N2O5/c1-20-13(18)4-5-15-14(19)10-7-12(17)16(8-10)9-11-3-2-6-21-11/h2-3,6,10H,4-5,7-9H2,1H3,(H,15,19)/t10-/m0/s1. The highest BCUT2D eigenvalue weighted by Crippen LogP contribution is 2.20. The van der Waals surface area contributed by atoms with Crippen molar-refractivity contribution in [2.45, 2.75) is 19.4 Å². The van der Waals surface area contributed by atoms with Crippen LogP contribution in [0.15, 0.2) is 22.8 Å². The minimum absolute atomic E-state index is 0.0699. The highest BCUT2D eigenvalue weighted by atomic mass is 16.5. The molecule has 2 rings (SSSR count). The molecule has 0 bridgehead atoms. The van der Waals surface area contributed by atoms with Gasteiger partial charge in [-0.1, -0.05) is 0 Å². The van der Waals surface area contributed by atoms with E-state index in [1.54, 1.807) is 23.3 Å². The molecule has 1 fully saturated rings. The van der Waals surface area contributed by atoms with Crippen LogP contribution in [0.3, 0.4) is 0 Å². The fourth-order valence-electron chi connectivity index (χ4n) is 2.23. The summed E-state index contributed by atoms with van der Waals surface area (Å²) < 4.78 is 9.68. The van der Waals surface area contributed by atoms with Gasteiger partial charge < -0.3 is 19.4 Å². The van der Waals surface area contributed by atoms with E-state index in [1.165, 1.54) is 7.11 Å². The maximum absolute atomic E-state index is 11.9. The molecule has 0 spiro atoms. The zero-order valence-electron chi connectivity index (χ0n) is 11.8. The van der Waals surface area contributed by atoms with Gasteiger partial charge in [-0.15, -0.1) is 0 Å². The minimum atomic E-state index is -0.384. The van der Waals surface area contributed by atoms with Crippen molar-refractivity contribution in [1.29, 1.82) is 0 Å². The van der Waals surface area contributed by atoms with Crippen LogP contribution in [0.5, 0.6) is 0 Å². The lowest BCUT2D eigenvalue weighted by atomic mass is 10.1. The maximum Gasteiger partial charge on any atom is 0.307 e. The van der Waals surface area contributed by atoms with E-state index in [2.05, 4.69) is 10.1 Å². The van der Waals surface area contributed by atoms with Crippen molar-refractivity contribution in [1.82, 2.24) is 10.2 Å². The van der Waals surface area contributed by atoms with Gasteiger partial charge in [-0.25, -0.2) is 0 Å². The van der Waals surface area contributed by atoms with Crippen molar-refractivity contribution in [2.75, 3.05) is 20.2 Å². The molecule has 1 aliphatic rings. The summed E-state index contributed by atoms with van der Waals surface area (Å²) in [7, 11) is 1.30. The van der Waals surface area contributed by atoms with E-state index in [0.717, 1.165) is 0 Å². The number of rotatable bonds is 6. The quantitative estimate of drug-likeness (QED) is 0.763. The van der Waals surface area contributed by atoms with Gasteiger partial charge in [0.25, 0.3) is 0 Å². The van der Waals surface area contributed by atoms with E-state index < -0.39 is 0 Å². The number of nitrogens with one attached hydrogen (secondary N) is 1. The number of carbonyl (C=O) groups excluding carboxylic acids is 3. The smallest absolute Gasteiger partial charge is 0.307 e. The summed E-state index contributed by atoms with van der Waals surface area (Å²) in [6.45, 7) is 0.954. The number of carbonyl (C=O) groups is 3. The second-order valence-corrected chi connectivity index (χ2v) is 4.87. The van der Waals surface area contributed by atoms with E-state index >= 15 is 0 Å². The fraction of sp³-hybridized carbons (Fsp3) is 0.500. The molecular formula is C14H18N2O5. The summed E-state index contributed by atoms with van der Waals surface area (Å²) in [5, 5.41) is 2.65. The Morgan fingerprint density at radius 2 is 2.33 bits per heavy atom. The zero-order valence-corrected chi connectivity index (χ0v) is 11.8. The maximum atomic E-state index is 11.9. The molecule has 0 radical (unpaired) electrons. The number of ether oxygens (including phenoxy) is 1. The summed E-state index contributed by atoms with van der Waals surface area (Å²) >= 11 is 0. The summed E-state index contributed by atoms with van der Waals surface area (Å²) in [5.41, 5.74) is 0. The number of esters is 1. The summed E-state index contributed by atoms with van der Waals surface area (Å²) in [6, 6.07) is 3.55. The average Bonchev–Trinajstić information content (AvgIpc) is 3.09. The molecular weight excluding hydrogens is 276 g/mol. The predicted octanol–water partition coefficient (Wildman–Crippen LogP) is 0.307. The van der Waals surface area contributed by atoms with Crippen molar-refractivity contribution in [3.63, 3.8) is 0 Å². The van der Waals surface area contributed by atoms with Gasteiger partial charge >= 0.3 is 5.97 Å². The number of nitrogens with zero attached hydrogens (tertiary/aromatic N) is 1. The second-order valence-electron chi connectivity index (χ2n) is 4.87. The Hall–Kier alpha value is -2.31. The molecule has 1 aromatic heterocycles. The molecule has 1 aliphatic heterocycles. The molecule has 7 heteroatoms. The van der Waals surface area contributed by atoms with Crippen LogP contribution in [-0.4, -0.2) is 42.9 Å². The highest BCUT2D eigenvalue weighted by molar-refractivity contribution is 5.89. The Kier molecular flexibility index (Phi) is 4.97. The summed E-state index contributed by atoms with van der Waals surface area (Å²) in [6.07, 6.45) is 1.86. The normalized spacial score (nSPS) is 17.9. The van der Waals surface area contributed by atoms with Crippen LogP contribution in [0.1, 0.15) is 18.6 Å². The molecule has 7 nitrogen and oxygen atoms in total. The predicted molar refractivity (Wildman–Crippen MR) is 71.9 cm³/mol. The monoisotopic (exact) mass is 294 g/mol. The van der Waals surface area contributed by atoms with E-state index in [-0.39, 0.29) is 43.1 Å². The number of amides is 2. The number of hydrogen-bond acceptors (Lipinski definition) is 5. The number of hydrogen-bond donors (Lipinski definition) is 1. The van der Waals surface area contributed by atoms with Crippen LogP contribution in [0.25, 0.3) is 0 Å². The molecule has 1 saturated heterocycles. The van der Waals surface area contributed by atoms with Crippen LogP contribution < -0.4 is 5.32 Å². The molecule has 114 valence electrons. The first-order valence-corrected chi connectivity index (χ1v) is 6.75. The largest absolute Gasteiger partial charge is 0.469 e. The molecule has 1 aromatic rings. The van der Waals surface area contributed by atoms with Crippen LogP contribution in [0.4, 0.5) is 0 Å². The molecule has 1 N–H and O–H groups in total. The van der Waals surface area contributed by atoms with E-state index in [9.17, 15) is 14.4 Å².